The van der Waals surface area contributed by atoms with Gasteiger partial charge >= 0.3 is 0 Å². The highest BCUT2D eigenvalue weighted by atomic mass is 32.2. The van der Waals surface area contributed by atoms with Crippen LogP contribution < -0.4 is 5.73 Å². The fourth-order valence-electron chi connectivity index (χ4n) is 1.62. The molecule has 13 heavy (non-hydrogen) atoms. The van der Waals surface area contributed by atoms with Crippen molar-refractivity contribution in [1.29, 1.82) is 0 Å². The third-order valence-corrected chi connectivity index (χ3v) is 4.17. The molecule has 1 aliphatic rings. The van der Waals surface area contributed by atoms with E-state index in [-0.39, 0.29) is 11.8 Å². The van der Waals surface area contributed by atoms with Crippen LogP contribution in [0.15, 0.2) is 29.2 Å². The van der Waals surface area contributed by atoms with Gasteiger partial charge in [-0.1, -0.05) is 18.2 Å². The highest BCUT2D eigenvalue weighted by molar-refractivity contribution is 7.91. The SMILES string of the molecule is N[C@@H]1CCS(=O)(=O)c2ccccc21. The largest absolute Gasteiger partial charge is 0.324 e. The van der Waals surface area contributed by atoms with E-state index in [4.69, 9.17) is 5.73 Å². The zero-order valence-corrected chi connectivity index (χ0v) is 7.92. The van der Waals surface area contributed by atoms with Gasteiger partial charge in [-0.15, -0.1) is 0 Å². The maximum atomic E-state index is 11.6. The van der Waals surface area contributed by atoms with Gasteiger partial charge in [0.15, 0.2) is 9.84 Å². The summed E-state index contributed by atoms with van der Waals surface area (Å²) in [7, 11) is -3.05. The fraction of sp³-hybridized carbons (Fsp3) is 0.333. The Labute approximate surface area is 77.5 Å². The number of rotatable bonds is 0. The Balaban J connectivity index is 2.68. The van der Waals surface area contributed by atoms with E-state index in [0.29, 0.717) is 11.3 Å². The summed E-state index contributed by atoms with van der Waals surface area (Å²) in [6.07, 6.45) is 0.527. The third-order valence-electron chi connectivity index (χ3n) is 2.35. The molecule has 0 aromatic heterocycles. The standard InChI is InChI=1S/C9H11NO2S/c10-8-5-6-13(11,12)9-4-2-1-3-7(8)9/h1-4,8H,5-6,10H2/t8-/m1/s1. The van der Waals surface area contributed by atoms with E-state index in [2.05, 4.69) is 0 Å². The third kappa shape index (κ3) is 1.36. The van der Waals surface area contributed by atoms with Crippen LogP contribution in [0.2, 0.25) is 0 Å². The smallest absolute Gasteiger partial charge is 0.178 e. The van der Waals surface area contributed by atoms with E-state index >= 15 is 0 Å². The van der Waals surface area contributed by atoms with Gasteiger partial charge in [0, 0.05) is 6.04 Å². The first-order valence-electron chi connectivity index (χ1n) is 4.18. The van der Waals surface area contributed by atoms with Crippen LogP contribution >= 0.6 is 0 Å². The molecular formula is C9H11NO2S. The van der Waals surface area contributed by atoms with Gasteiger partial charge in [0.05, 0.1) is 10.6 Å². The van der Waals surface area contributed by atoms with Crippen molar-refractivity contribution >= 4 is 9.84 Å². The highest BCUT2D eigenvalue weighted by Crippen LogP contribution is 2.29. The Morgan fingerprint density at radius 3 is 2.69 bits per heavy atom. The van der Waals surface area contributed by atoms with Gasteiger partial charge in [-0.25, -0.2) is 8.42 Å². The second-order valence-electron chi connectivity index (χ2n) is 3.25. The normalized spacial score (nSPS) is 25.2. The van der Waals surface area contributed by atoms with E-state index in [1.807, 2.05) is 6.07 Å². The molecule has 0 unspecified atom stereocenters. The van der Waals surface area contributed by atoms with E-state index in [9.17, 15) is 8.42 Å². The molecule has 0 amide bonds. The Hall–Kier alpha value is -0.870. The second kappa shape index (κ2) is 2.82. The van der Waals surface area contributed by atoms with Crippen molar-refractivity contribution in [3.05, 3.63) is 29.8 Å². The van der Waals surface area contributed by atoms with Crippen LogP contribution in [0.3, 0.4) is 0 Å². The summed E-state index contributed by atoms with van der Waals surface area (Å²) in [5, 5.41) is 0. The Morgan fingerprint density at radius 1 is 1.31 bits per heavy atom. The monoisotopic (exact) mass is 197 g/mol. The molecule has 0 saturated heterocycles. The van der Waals surface area contributed by atoms with Crippen molar-refractivity contribution < 1.29 is 8.42 Å². The number of hydrogen-bond donors (Lipinski definition) is 1. The number of hydrogen-bond acceptors (Lipinski definition) is 3. The molecule has 2 N–H and O–H groups in total. The average molecular weight is 197 g/mol. The quantitative estimate of drug-likeness (QED) is 0.671. The predicted octanol–water partition coefficient (Wildman–Crippen LogP) is 0.864. The van der Waals surface area contributed by atoms with E-state index in [1.165, 1.54) is 0 Å². The first-order valence-corrected chi connectivity index (χ1v) is 5.84. The van der Waals surface area contributed by atoms with Crippen molar-refractivity contribution in [2.45, 2.75) is 17.4 Å². The number of fused-ring (bicyclic) bond motifs is 1. The molecule has 3 nitrogen and oxygen atoms in total. The van der Waals surface area contributed by atoms with Crippen LogP contribution in [-0.4, -0.2) is 14.2 Å². The van der Waals surface area contributed by atoms with Crippen LogP contribution in [0.1, 0.15) is 18.0 Å². The average Bonchev–Trinajstić information content (AvgIpc) is 2.13. The molecule has 0 aliphatic carbocycles. The molecule has 4 heteroatoms. The minimum absolute atomic E-state index is 0.125. The zero-order valence-electron chi connectivity index (χ0n) is 7.10. The lowest BCUT2D eigenvalue weighted by Crippen LogP contribution is -2.24. The molecule has 2 rings (SSSR count). The van der Waals surface area contributed by atoms with E-state index in [0.717, 1.165) is 5.56 Å². The molecule has 70 valence electrons. The van der Waals surface area contributed by atoms with Crippen molar-refractivity contribution in [3.63, 3.8) is 0 Å². The number of benzene rings is 1. The summed E-state index contributed by atoms with van der Waals surface area (Å²) in [5.74, 6) is 0.172. The molecular weight excluding hydrogens is 186 g/mol. The lowest BCUT2D eigenvalue weighted by molar-refractivity contribution is 0.569. The van der Waals surface area contributed by atoms with Gasteiger partial charge < -0.3 is 5.73 Å². The summed E-state index contributed by atoms with van der Waals surface area (Å²) < 4.78 is 23.1. The van der Waals surface area contributed by atoms with Crippen LogP contribution in [0.5, 0.6) is 0 Å². The molecule has 0 bridgehead atoms. The predicted molar refractivity (Wildman–Crippen MR) is 50.0 cm³/mol. The van der Waals surface area contributed by atoms with Crippen molar-refractivity contribution in [1.82, 2.24) is 0 Å². The molecule has 0 fully saturated rings. The van der Waals surface area contributed by atoms with Crippen LogP contribution in [0, 0.1) is 0 Å². The fourth-order valence-corrected chi connectivity index (χ4v) is 3.27. The van der Waals surface area contributed by atoms with Crippen LogP contribution in [0.25, 0.3) is 0 Å². The number of sulfone groups is 1. The molecule has 0 saturated carbocycles. The van der Waals surface area contributed by atoms with Gasteiger partial charge in [-0.2, -0.15) is 0 Å². The van der Waals surface area contributed by atoms with Crippen LogP contribution in [0.4, 0.5) is 0 Å². The van der Waals surface area contributed by atoms with Gasteiger partial charge in [0.2, 0.25) is 0 Å². The second-order valence-corrected chi connectivity index (χ2v) is 5.33. The Kier molecular flexibility index (Phi) is 1.89. The first-order chi connectivity index (χ1) is 6.11. The lowest BCUT2D eigenvalue weighted by atomic mass is 10.1. The van der Waals surface area contributed by atoms with Crippen LogP contribution in [-0.2, 0) is 9.84 Å². The Morgan fingerprint density at radius 2 is 2.00 bits per heavy atom. The Bertz CT molecular complexity index is 425. The van der Waals surface area contributed by atoms with Gasteiger partial charge in [0.25, 0.3) is 0 Å². The molecule has 1 aromatic carbocycles. The molecule has 1 aliphatic heterocycles. The van der Waals surface area contributed by atoms with Gasteiger partial charge in [-0.3, -0.25) is 0 Å². The summed E-state index contributed by atoms with van der Waals surface area (Å²) in [4.78, 5) is 0.411. The summed E-state index contributed by atoms with van der Waals surface area (Å²) in [5.41, 5.74) is 6.56. The minimum atomic E-state index is -3.05. The number of nitrogens with two attached hydrogens (primary N) is 1. The van der Waals surface area contributed by atoms with Gasteiger partial charge in [-0.05, 0) is 18.1 Å². The zero-order chi connectivity index (χ0) is 9.47. The summed E-state index contributed by atoms with van der Waals surface area (Å²) in [6, 6.07) is 6.84. The molecule has 1 heterocycles. The maximum absolute atomic E-state index is 11.6. The molecule has 1 atom stereocenters. The highest BCUT2D eigenvalue weighted by Gasteiger charge is 2.27. The lowest BCUT2D eigenvalue weighted by Gasteiger charge is -2.21. The van der Waals surface area contributed by atoms with E-state index < -0.39 is 9.84 Å². The molecule has 0 radical (unpaired) electrons. The van der Waals surface area contributed by atoms with Crippen molar-refractivity contribution in [3.8, 4) is 0 Å². The first kappa shape index (κ1) is 8.72. The molecule has 1 aromatic rings. The van der Waals surface area contributed by atoms with Crippen molar-refractivity contribution in [2.24, 2.45) is 5.73 Å². The summed E-state index contributed by atoms with van der Waals surface area (Å²) >= 11 is 0. The topological polar surface area (TPSA) is 60.2 Å². The summed E-state index contributed by atoms with van der Waals surface area (Å²) in [6.45, 7) is 0. The maximum Gasteiger partial charge on any atom is 0.178 e. The van der Waals surface area contributed by atoms with Gasteiger partial charge in [0.1, 0.15) is 0 Å². The molecule has 0 spiro atoms. The van der Waals surface area contributed by atoms with E-state index in [1.54, 1.807) is 18.2 Å². The minimum Gasteiger partial charge on any atom is -0.324 e. The van der Waals surface area contributed by atoms with Crippen molar-refractivity contribution in [2.75, 3.05) is 5.75 Å².